The van der Waals surface area contributed by atoms with Gasteiger partial charge in [0.15, 0.2) is 0 Å². The predicted octanol–water partition coefficient (Wildman–Crippen LogP) is -0.203. The van der Waals surface area contributed by atoms with Crippen molar-refractivity contribution in [1.82, 2.24) is 0 Å². The normalized spacial score (nSPS) is 12.4. The summed E-state index contributed by atoms with van der Waals surface area (Å²) in [6, 6.07) is 7.35. The van der Waals surface area contributed by atoms with Gasteiger partial charge in [0, 0.05) is 10.1 Å². The van der Waals surface area contributed by atoms with Crippen LogP contribution in [0.4, 0.5) is 0 Å². The largest absolute Gasteiger partial charge is 1.00 e. The molecule has 0 radical (unpaired) electrons. The van der Waals surface area contributed by atoms with Crippen LogP contribution in [0, 0.1) is 0 Å². The van der Waals surface area contributed by atoms with Crippen molar-refractivity contribution < 1.29 is 38.3 Å². The summed E-state index contributed by atoms with van der Waals surface area (Å²) >= 11 is 4.82. The molecule has 1 atom stereocenters. The standard InChI is InChI=1S/C8H5ClO2S2.Na/c9-7-5-3-1-2-4-6(5)12-8(7)13(10)11;/h1-4H,(H,10,11);/q;+1/p-1. The SMILES string of the molecule is O=S([O-])c1sc2ccccc2c1Cl.[Na+]. The van der Waals surface area contributed by atoms with Crippen LogP contribution >= 0.6 is 22.9 Å². The number of benzene rings is 1. The van der Waals surface area contributed by atoms with E-state index < -0.39 is 11.1 Å². The Kier molecular flexibility index (Phi) is 4.58. The zero-order chi connectivity index (χ0) is 9.42. The van der Waals surface area contributed by atoms with Crippen molar-refractivity contribution >= 4 is 44.1 Å². The van der Waals surface area contributed by atoms with E-state index in [1.807, 2.05) is 24.3 Å². The summed E-state index contributed by atoms with van der Waals surface area (Å²) in [4.78, 5) is 0. The minimum atomic E-state index is -2.24. The Balaban J connectivity index is 0.000000980. The van der Waals surface area contributed by atoms with Crippen molar-refractivity contribution in [3.63, 3.8) is 0 Å². The van der Waals surface area contributed by atoms with Crippen LogP contribution in [0.25, 0.3) is 10.1 Å². The van der Waals surface area contributed by atoms with E-state index >= 15 is 0 Å². The fraction of sp³-hybridized carbons (Fsp3) is 0. The fourth-order valence-corrected chi connectivity index (χ4v) is 3.25. The van der Waals surface area contributed by atoms with E-state index in [4.69, 9.17) is 11.6 Å². The molecule has 0 saturated carbocycles. The Labute approximate surface area is 115 Å². The Morgan fingerprint density at radius 3 is 2.57 bits per heavy atom. The van der Waals surface area contributed by atoms with Gasteiger partial charge in [0.2, 0.25) is 0 Å². The van der Waals surface area contributed by atoms with E-state index in [9.17, 15) is 8.76 Å². The molecule has 6 heteroatoms. The van der Waals surface area contributed by atoms with Crippen molar-refractivity contribution in [3.05, 3.63) is 29.3 Å². The fourth-order valence-electron chi connectivity index (χ4n) is 1.10. The minimum Gasteiger partial charge on any atom is -0.768 e. The quantitative estimate of drug-likeness (QED) is 0.522. The first-order valence-electron chi connectivity index (χ1n) is 3.46. The molecule has 0 aliphatic heterocycles. The summed E-state index contributed by atoms with van der Waals surface area (Å²) in [7, 11) is 0. The second kappa shape index (κ2) is 5.07. The molecule has 2 aromatic rings. The van der Waals surface area contributed by atoms with Crippen LogP contribution in [0.15, 0.2) is 28.5 Å². The molecule has 1 aromatic carbocycles. The van der Waals surface area contributed by atoms with Gasteiger partial charge < -0.3 is 4.55 Å². The van der Waals surface area contributed by atoms with Crippen molar-refractivity contribution in [1.29, 1.82) is 0 Å². The average Bonchev–Trinajstić information content (AvgIpc) is 2.45. The van der Waals surface area contributed by atoms with Crippen LogP contribution in [-0.4, -0.2) is 8.76 Å². The maximum Gasteiger partial charge on any atom is 1.00 e. The van der Waals surface area contributed by atoms with E-state index in [-0.39, 0.29) is 33.8 Å². The van der Waals surface area contributed by atoms with Gasteiger partial charge in [-0.25, -0.2) is 0 Å². The Morgan fingerprint density at radius 2 is 2.00 bits per heavy atom. The van der Waals surface area contributed by atoms with Gasteiger partial charge in [-0.3, -0.25) is 4.21 Å². The first-order chi connectivity index (χ1) is 6.20. The third-order valence-corrected chi connectivity index (χ3v) is 4.40. The zero-order valence-corrected chi connectivity index (χ0v) is 11.7. The molecule has 0 amide bonds. The number of fused-ring (bicyclic) bond motifs is 1. The summed E-state index contributed by atoms with van der Waals surface area (Å²) in [5.41, 5.74) is 0. The van der Waals surface area contributed by atoms with Crippen molar-refractivity contribution in [2.45, 2.75) is 4.21 Å². The van der Waals surface area contributed by atoms with Crippen molar-refractivity contribution in [3.8, 4) is 0 Å². The molecule has 0 N–H and O–H groups in total. The second-order valence-electron chi connectivity index (χ2n) is 2.43. The number of thiophene rings is 1. The smallest absolute Gasteiger partial charge is 0.768 e. The molecule has 0 aliphatic carbocycles. The van der Waals surface area contributed by atoms with Gasteiger partial charge in [-0.1, -0.05) is 29.8 Å². The van der Waals surface area contributed by atoms with E-state index in [1.165, 1.54) is 11.3 Å². The van der Waals surface area contributed by atoms with Crippen LogP contribution in [0.3, 0.4) is 0 Å². The molecule has 68 valence electrons. The summed E-state index contributed by atoms with van der Waals surface area (Å²) in [6.07, 6.45) is 0. The Morgan fingerprint density at radius 1 is 1.36 bits per heavy atom. The summed E-state index contributed by atoms with van der Waals surface area (Å²) in [5, 5.41) is 1.13. The van der Waals surface area contributed by atoms with Crippen LogP contribution in [-0.2, 0) is 11.1 Å². The predicted molar refractivity (Wildman–Crippen MR) is 54.0 cm³/mol. The van der Waals surface area contributed by atoms with Gasteiger partial charge in [0.05, 0.1) is 9.23 Å². The Bertz CT molecular complexity index is 483. The van der Waals surface area contributed by atoms with Crippen LogP contribution in [0.5, 0.6) is 0 Å². The molecule has 1 unspecified atom stereocenters. The first kappa shape index (κ1) is 12.6. The molecule has 0 spiro atoms. The van der Waals surface area contributed by atoms with Crippen molar-refractivity contribution in [2.24, 2.45) is 0 Å². The molecule has 2 nitrogen and oxygen atoms in total. The average molecular weight is 255 g/mol. The monoisotopic (exact) mass is 254 g/mol. The van der Waals surface area contributed by atoms with Gasteiger partial charge in [0.25, 0.3) is 0 Å². The van der Waals surface area contributed by atoms with Gasteiger partial charge in [-0.15, -0.1) is 11.3 Å². The summed E-state index contributed by atoms with van der Waals surface area (Å²) in [5.74, 6) is 0. The van der Waals surface area contributed by atoms with E-state index in [1.54, 1.807) is 0 Å². The zero-order valence-electron chi connectivity index (χ0n) is 7.32. The van der Waals surface area contributed by atoms with Crippen LogP contribution < -0.4 is 29.6 Å². The second-order valence-corrected chi connectivity index (χ2v) is 5.00. The molecule has 14 heavy (non-hydrogen) atoms. The summed E-state index contributed by atoms with van der Waals surface area (Å²) < 4.78 is 22.5. The van der Waals surface area contributed by atoms with Gasteiger partial charge in [0.1, 0.15) is 0 Å². The number of rotatable bonds is 1. The van der Waals surface area contributed by atoms with Crippen LogP contribution in [0.1, 0.15) is 0 Å². The molecule has 0 bridgehead atoms. The molecular weight excluding hydrogens is 251 g/mol. The number of hydrogen-bond donors (Lipinski definition) is 0. The van der Waals surface area contributed by atoms with Gasteiger partial charge >= 0.3 is 29.6 Å². The number of halogens is 1. The molecule has 0 aliphatic rings. The molecule has 2 rings (SSSR count). The summed E-state index contributed by atoms with van der Waals surface area (Å²) in [6.45, 7) is 0. The minimum absolute atomic E-state index is 0. The topological polar surface area (TPSA) is 40.1 Å². The third kappa shape index (κ3) is 2.22. The van der Waals surface area contributed by atoms with E-state index in [0.29, 0.717) is 5.02 Å². The molecule has 1 aromatic heterocycles. The maximum absolute atomic E-state index is 10.7. The number of hydrogen-bond acceptors (Lipinski definition) is 3. The third-order valence-electron chi connectivity index (χ3n) is 1.66. The Hall–Kier alpha value is 0.580. The molecule has 0 fully saturated rings. The molecular formula is C8H4ClNaO2S2. The van der Waals surface area contributed by atoms with E-state index in [0.717, 1.165) is 10.1 Å². The van der Waals surface area contributed by atoms with Gasteiger partial charge in [-0.2, -0.15) is 0 Å². The van der Waals surface area contributed by atoms with Crippen LogP contribution in [0.2, 0.25) is 5.02 Å². The van der Waals surface area contributed by atoms with Gasteiger partial charge in [-0.05, 0) is 17.1 Å². The first-order valence-corrected chi connectivity index (χ1v) is 5.73. The van der Waals surface area contributed by atoms with Crippen molar-refractivity contribution in [2.75, 3.05) is 0 Å². The van der Waals surface area contributed by atoms with E-state index in [2.05, 4.69) is 0 Å². The maximum atomic E-state index is 10.7. The molecule has 1 heterocycles. The molecule has 0 saturated heterocycles.